The molecule has 0 aromatic heterocycles. The average Bonchev–Trinajstić information content (AvgIpc) is 3.04. The third kappa shape index (κ3) is 5.01. The minimum atomic E-state index is -0.365. The van der Waals surface area contributed by atoms with E-state index in [-0.39, 0.29) is 17.7 Å². The van der Waals surface area contributed by atoms with Crippen molar-refractivity contribution in [1.29, 1.82) is 0 Å². The maximum atomic E-state index is 12.8. The van der Waals surface area contributed by atoms with Gasteiger partial charge in [-0.25, -0.2) is 0 Å². The summed E-state index contributed by atoms with van der Waals surface area (Å²) in [5.74, 6) is 0.364. The van der Waals surface area contributed by atoms with Crippen LogP contribution in [0.25, 0.3) is 6.08 Å². The van der Waals surface area contributed by atoms with Gasteiger partial charge < -0.3 is 4.74 Å². The van der Waals surface area contributed by atoms with Gasteiger partial charge in [0.15, 0.2) is 0 Å². The molecule has 0 spiro atoms. The van der Waals surface area contributed by atoms with Gasteiger partial charge in [-0.2, -0.15) is 0 Å². The Kier molecular flexibility index (Phi) is 6.89. The molecule has 0 N–H and O–H groups in total. The molecule has 0 atom stereocenters. The third-order valence-corrected chi connectivity index (χ3v) is 6.70. The molecule has 0 saturated carbocycles. The monoisotopic (exact) mass is 483 g/mol. The Morgan fingerprint density at radius 3 is 2.31 bits per heavy atom. The lowest BCUT2D eigenvalue weighted by Crippen LogP contribution is -2.27. The number of halogens is 2. The zero-order chi connectivity index (χ0) is 22.7. The largest absolute Gasteiger partial charge is 0.489 e. The predicted molar refractivity (Wildman–Crippen MR) is 130 cm³/mol. The van der Waals surface area contributed by atoms with Gasteiger partial charge in [0, 0.05) is 15.6 Å². The summed E-state index contributed by atoms with van der Waals surface area (Å²) < 4.78 is 5.86. The molecule has 1 fully saturated rings. The molecule has 32 heavy (non-hydrogen) atoms. The molecular weight excluding hydrogens is 465 g/mol. The Morgan fingerprint density at radius 2 is 1.62 bits per heavy atom. The van der Waals surface area contributed by atoms with Crippen LogP contribution < -0.4 is 4.74 Å². The van der Waals surface area contributed by atoms with Crippen molar-refractivity contribution in [3.05, 3.63) is 104 Å². The normalized spacial score (nSPS) is 15.0. The van der Waals surface area contributed by atoms with E-state index in [0.717, 1.165) is 33.5 Å². The molecule has 0 bridgehead atoms. The fourth-order valence-electron chi connectivity index (χ4n) is 3.22. The van der Waals surface area contributed by atoms with Gasteiger partial charge in [-0.05, 0) is 65.7 Å². The van der Waals surface area contributed by atoms with Crippen molar-refractivity contribution in [3.8, 4) is 5.75 Å². The molecule has 3 aromatic rings. The van der Waals surface area contributed by atoms with Gasteiger partial charge in [0.05, 0.1) is 11.4 Å². The van der Waals surface area contributed by atoms with E-state index in [0.29, 0.717) is 27.1 Å². The van der Waals surface area contributed by atoms with Crippen molar-refractivity contribution in [2.45, 2.75) is 20.1 Å². The van der Waals surface area contributed by atoms with E-state index in [2.05, 4.69) is 13.0 Å². The number of rotatable bonds is 6. The first-order valence-corrected chi connectivity index (χ1v) is 11.5. The van der Waals surface area contributed by atoms with Crippen LogP contribution in [-0.2, 0) is 17.9 Å². The SMILES string of the molecule is Cc1ccccc1COc1ccc(/C=C2\SC(=O)N(Cc3c(Cl)cccc3Cl)C2=O)cc1. The first-order chi connectivity index (χ1) is 15.4. The molecule has 0 unspecified atom stereocenters. The Hall–Kier alpha value is -2.73. The average molecular weight is 484 g/mol. The van der Waals surface area contributed by atoms with Crippen molar-refractivity contribution in [2.75, 3.05) is 0 Å². The summed E-state index contributed by atoms with van der Waals surface area (Å²) in [6, 6.07) is 20.6. The van der Waals surface area contributed by atoms with Crippen LogP contribution >= 0.6 is 35.0 Å². The van der Waals surface area contributed by atoms with Crippen molar-refractivity contribution in [3.63, 3.8) is 0 Å². The minimum absolute atomic E-state index is 0.0339. The molecule has 4 rings (SSSR count). The van der Waals surface area contributed by atoms with Gasteiger partial charge in [-0.15, -0.1) is 0 Å². The van der Waals surface area contributed by atoms with Gasteiger partial charge in [-0.3, -0.25) is 14.5 Å². The van der Waals surface area contributed by atoms with Crippen molar-refractivity contribution >= 4 is 52.2 Å². The molecule has 7 heteroatoms. The Bertz CT molecular complexity index is 1190. The number of hydrogen-bond acceptors (Lipinski definition) is 4. The maximum Gasteiger partial charge on any atom is 0.293 e. The third-order valence-electron chi connectivity index (χ3n) is 5.08. The second kappa shape index (κ2) is 9.82. The maximum absolute atomic E-state index is 12.8. The molecule has 3 aromatic carbocycles. The first kappa shape index (κ1) is 22.5. The van der Waals surface area contributed by atoms with Crippen LogP contribution in [0.4, 0.5) is 4.79 Å². The minimum Gasteiger partial charge on any atom is -0.489 e. The van der Waals surface area contributed by atoms with Crippen molar-refractivity contribution < 1.29 is 14.3 Å². The standard InChI is InChI=1S/C25H19Cl2NO3S/c1-16-5-2-3-6-18(16)15-31-19-11-9-17(10-12-19)13-23-24(29)28(25(30)32-23)14-20-21(26)7-4-8-22(20)27/h2-13H,14-15H2,1H3/b23-13-. The molecule has 0 aliphatic carbocycles. The highest BCUT2D eigenvalue weighted by Gasteiger charge is 2.35. The topological polar surface area (TPSA) is 46.6 Å². The molecule has 2 amide bonds. The quantitative estimate of drug-likeness (QED) is 0.350. The van der Waals surface area contributed by atoms with Crippen LogP contribution in [0.2, 0.25) is 10.0 Å². The van der Waals surface area contributed by atoms with Crippen LogP contribution in [0.15, 0.2) is 71.6 Å². The van der Waals surface area contributed by atoms with Crippen molar-refractivity contribution in [1.82, 2.24) is 4.90 Å². The van der Waals surface area contributed by atoms with E-state index in [1.165, 1.54) is 5.56 Å². The van der Waals surface area contributed by atoms with E-state index in [1.807, 2.05) is 42.5 Å². The van der Waals surface area contributed by atoms with Gasteiger partial charge in [0.2, 0.25) is 0 Å². The van der Waals surface area contributed by atoms with E-state index in [9.17, 15) is 9.59 Å². The van der Waals surface area contributed by atoms with E-state index in [4.69, 9.17) is 27.9 Å². The van der Waals surface area contributed by atoms with Crippen LogP contribution in [0, 0.1) is 6.92 Å². The molecule has 1 aliphatic rings. The summed E-state index contributed by atoms with van der Waals surface area (Å²) in [6.45, 7) is 2.57. The lowest BCUT2D eigenvalue weighted by Gasteiger charge is -2.14. The van der Waals surface area contributed by atoms with Gasteiger partial charge >= 0.3 is 0 Å². The Balaban J connectivity index is 1.44. The lowest BCUT2D eigenvalue weighted by atomic mass is 10.1. The van der Waals surface area contributed by atoms with Crippen LogP contribution in [0.5, 0.6) is 5.75 Å². The first-order valence-electron chi connectivity index (χ1n) is 9.88. The lowest BCUT2D eigenvalue weighted by molar-refractivity contribution is -0.123. The molecular formula is C25H19Cl2NO3S. The molecule has 1 aliphatic heterocycles. The van der Waals surface area contributed by atoms with Crippen LogP contribution in [0.3, 0.4) is 0 Å². The molecule has 1 saturated heterocycles. The summed E-state index contributed by atoms with van der Waals surface area (Å²) in [7, 11) is 0. The predicted octanol–water partition coefficient (Wildman–Crippen LogP) is 7.12. The zero-order valence-corrected chi connectivity index (χ0v) is 19.5. The zero-order valence-electron chi connectivity index (χ0n) is 17.2. The number of imide groups is 1. The van der Waals surface area contributed by atoms with Crippen molar-refractivity contribution in [2.24, 2.45) is 0 Å². The summed E-state index contributed by atoms with van der Waals surface area (Å²) in [5, 5.41) is 0.485. The number of amides is 2. The Labute approximate surface area is 200 Å². The van der Waals surface area contributed by atoms with E-state index < -0.39 is 0 Å². The molecule has 4 nitrogen and oxygen atoms in total. The highest BCUT2D eigenvalue weighted by molar-refractivity contribution is 8.18. The molecule has 0 radical (unpaired) electrons. The van der Waals surface area contributed by atoms with E-state index in [1.54, 1.807) is 24.3 Å². The summed E-state index contributed by atoms with van der Waals surface area (Å²) in [6.07, 6.45) is 1.70. The summed E-state index contributed by atoms with van der Waals surface area (Å²) in [5.41, 5.74) is 3.66. The number of ether oxygens (including phenoxy) is 1. The molecule has 162 valence electrons. The molecule has 1 heterocycles. The second-order valence-electron chi connectivity index (χ2n) is 7.25. The highest BCUT2D eigenvalue weighted by Crippen LogP contribution is 2.35. The summed E-state index contributed by atoms with van der Waals surface area (Å²) >= 11 is 13.3. The van der Waals surface area contributed by atoms with Crippen LogP contribution in [-0.4, -0.2) is 16.0 Å². The van der Waals surface area contributed by atoms with Gasteiger partial charge in [0.25, 0.3) is 11.1 Å². The summed E-state index contributed by atoms with van der Waals surface area (Å²) in [4.78, 5) is 26.8. The number of carbonyl (C=O) groups excluding carboxylic acids is 2. The second-order valence-corrected chi connectivity index (χ2v) is 9.06. The van der Waals surface area contributed by atoms with Gasteiger partial charge in [-0.1, -0.05) is 65.7 Å². The van der Waals surface area contributed by atoms with Crippen LogP contribution in [0.1, 0.15) is 22.3 Å². The van der Waals surface area contributed by atoms with E-state index >= 15 is 0 Å². The number of aryl methyl sites for hydroxylation is 1. The van der Waals surface area contributed by atoms with Gasteiger partial charge in [0.1, 0.15) is 12.4 Å². The fraction of sp³-hybridized carbons (Fsp3) is 0.120. The number of benzene rings is 3. The Morgan fingerprint density at radius 1 is 0.938 bits per heavy atom. The fourth-order valence-corrected chi connectivity index (χ4v) is 4.58. The number of thioether (sulfide) groups is 1. The number of hydrogen-bond donors (Lipinski definition) is 0. The number of nitrogens with zero attached hydrogens (tertiary/aromatic N) is 1. The smallest absolute Gasteiger partial charge is 0.293 e. The highest BCUT2D eigenvalue weighted by atomic mass is 35.5. The number of carbonyl (C=O) groups is 2.